The predicted molar refractivity (Wildman–Crippen MR) is 70.6 cm³/mol. The number of hydrogen-bond acceptors (Lipinski definition) is 3. The van der Waals surface area contributed by atoms with Crippen LogP contribution in [0.25, 0.3) is 0 Å². The summed E-state index contributed by atoms with van der Waals surface area (Å²) < 4.78 is 19.0. The second kappa shape index (κ2) is 4.97. The molecular weight excluding hydrogens is 247 g/mol. The number of hydrogen-bond donors (Lipinski definition) is 2. The van der Waals surface area contributed by atoms with E-state index >= 15 is 0 Å². The summed E-state index contributed by atoms with van der Waals surface area (Å²) >= 11 is 0. The van der Waals surface area contributed by atoms with Gasteiger partial charge in [-0.25, -0.2) is 4.39 Å². The topological polar surface area (TPSA) is 78.3 Å². The zero-order valence-electron chi connectivity index (χ0n) is 10.3. The molecule has 2 rings (SSSR count). The van der Waals surface area contributed by atoms with Crippen LogP contribution in [-0.4, -0.2) is 5.91 Å². The standard InChI is InChI=1S/C14H13FN2O2/c1-8-7-9(5-6-11(8)16)19-12-4-2-3-10(15)13(12)14(17)18/h2-7H,16H2,1H3,(H2,17,18). The monoisotopic (exact) mass is 260 g/mol. The van der Waals surface area contributed by atoms with E-state index in [1.165, 1.54) is 12.1 Å². The van der Waals surface area contributed by atoms with Crippen molar-refractivity contribution in [2.45, 2.75) is 6.92 Å². The van der Waals surface area contributed by atoms with Gasteiger partial charge in [0, 0.05) is 5.69 Å². The van der Waals surface area contributed by atoms with Crippen LogP contribution in [0.5, 0.6) is 11.5 Å². The van der Waals surface area contributed by atoms with Gasteiger partial charge in [-0.05, 0) is 42.8 Å². The number of rotatable bonds is 3. The lowest BCUT2D eigenvalue weighted by Crippen LogP contribution is -2.14. The summed E-state index contributed by atoms with van der Waals surface area (Å²) in [6.45, 7) is 1.82. The molecule has 19 heavy (non-hydrogen) atoms. The van der Waals surface area contributed by atoms with Gasteiger partial charge in [-0.15, -0.1) is 0 Å². The average Bonchev–Trinajstić information content (AvgIpc) is 2.33. The molecule has 0 aliphatic carbocycles. The number of halogens is 1. The Morgan fingerprint density at radius 1 is 1.26 bits per heavy atom. The Morgan fingerprint density at radius 2 is 2.00 bits per heavy atom. The van der Waals surface area contributed by atoms with E-state index in [1.807, 2.05) is 6.92 Å². The van der Waals surface area contributed by atoms with Crippen molar-refractivity contribution in [3.63, 3.8) is 0 Å². The SMILES string of the molecule is Cc1cc(Oc2cccc(F)c2C(N)=O)ccc1N. The molecule has 2 aromatic carbocycles. The first-order valence-electron chi connectivity index (χ1n) is 5.61. The third-order valence-electron chi connectivity index (χ3n) is 2.69. The molecule has 0 spiro atoms. The molecule has 0 saturated carbocycles. The summed E-state index contributed by atoms with van der Waals surface area (Å²) in [6.07, 6.45) is 0. The van der Waals surface area contributed by atoms with Crippen molar-refractivity contribution in [3.05, 3.63) is 53.3 Å². The Kier molecular flexibility index (Phi) is 3.37. The maximum Gasteiger partial charge on any atom is 0.255 e. The molecule has 0 aliphatic rings. The molecule has 0 aromatic heterocycles. The van der Waals surface area contributed by atoms with Crippen molar-refractivity contribution >= 4 is 11.6 Å². The van der Waals surface area contributed by atoms with Gasteiger partial charge in [0.25, 0.3) is 5.91 Å². The molecule has 4 nitrogen and oxygen atoms in total. The highest BCUT2D eigenvalue weighted by molar-refractivity contribution is 5.96. The van der Waals surface area contributed by atoms with Gasteiger partial charge in [-0.3, -0.25) is 4.79 Å². The van der Waals surface area contributed by atoms with E-state index in [-0.39, 0.29) is 11.3 Å². The zero-order valence-corrected chi connectivity index (χ0v) is 10.3. The maximum atomic E-state index is 13.5. The van der Waals surface area contributed by atoms with E-state index in [0.717, 1.165) is 11.6 Å². The first kappa shape index (κ1) is 12.9. The molecule has 2 aromatic rings. The molecule has 4 N–H and O–H groups in total. The van der Waals surface area contributed by atoms with Gasteiger partial charge in [-0.1, -0.05) is 6.07 Å². The number of benzene rings is 2. The van der Waals surface area contributed by atoms with E-state index in [4.69, 9.17) is 16.2 Å². The summed E-state index contributed by atoms with van der Waals surface area (Å²) in [7, 11) is 0. The molecule has 0 radical (unpaired) electrons. The molecule has 0 bridgehead atoms. The molecule has 98 valence electrons. The highest BCUT2D eigenvalue weighted by atomic mass is 19.1. The summed E-state index contributed by atoms with van der Waals surface area (Å²) in [5.41, 5.74) is 12.0. The molecule has 0 unspecified atom stereocenters. The quantitative estimate of drug-likeness (QED) is 0.832. The highest BCUT2D eigenvalue weighted by Gasteiger charge is 2.15. The lowest BCUT2D eigenvalue weighted by molar-refractivity contribution is 0.0994. The van der Waals surface area contributed by atoms with Crippen LogP contribution in [0.15, 0.2) is 36.4 Å². The summed E-state index contributed by atoms with van der Waals surface area (Å²) in [5, 5.41) is 0. The Morgan fingerprint density at radius 3 is 2.63 bits per heavy atom. The van der Waals surface area contributed by atoms with Gasteiger partial charge in [0.15, 0.2) is 0 Å². The number of nitrogens with two attached hydrogens (primary N) is 2. The van der Waals surface area contributed by atoms with Crippen molar-refractivity contribution in [2.75, 3.05) is 5.73 Å². The van der Waals surface area contributed by atoms with Crippen LogP contribution in [-0.2, 0) is 0 Å². The van der Waals surface area contributed by atoms with Crippen LogP contribution in [0.2, 0.25) is 0 Å². The first-order chi connectivity index (χ1) is 8.99. The van der Waals surface area contributed by atoms with Crippen molar-refractivity contribution < 1.29 is 13.9 Å². The van der Waals surface area contributed by atoms with E-state index in [1.54, 1.807) is 18.2 Å². The minimum atomic E-state index is -0.875. The second-order valence-corrected chi connectivity index (χ2v) is 4.10. The predicted octanol–water partition coefficient (Wildman–Crippen LogP) is 2.61. The molecule has 0 heterocycles. The van der Waals surface area contributed by atoms with Gasteiger partial charge < -0.3 is 16.2 Å². The minimum Gasteiger partial charge on any atom is -0.456 e. The molecule has 0 atom stereocenters. The van der Waals surface area contributed by atoms with Crippen molar-refractivity contribution in [1.82, 2.24) is 0 Å². The number of nitrogen functional groups attached to an aromatic ring is 1. The van der Waals surface area contributed by atoms with E-state index in [9.17, 15) is 9.18 Å². The molecule has 1 amide bonds. The third kappa shape index (κ3) is 2.65. The Labute approximate surface area is 109 Å². The largest absolute Gasteiger partial charge is 0.456 e. The fourth-order valence-electron chi connectivity index (χ4n) is 1.67. The molecule has 0 aliphatic heterocycles. The number of carbonyl (C=O) groups is 1. The highest BCUT2D eigenvalue weighted by Crippen LogP contribution is 2.28. The van der Waals surface area contributed by atoms with Crippen molar-refractivity contribution in [1.29, 1.82) is 0 Å². The molecule has 5 heteroatoms. The normalized spacial score (nSPS) is 10.2. The van der Waals surface area contributed by atoms with Gasteiger partial charge in [0.2, 0.25) is 0 Å². The minimum absolute atomic E-state index is 0.0803. The van der Waals surface area contributed by atoms with Crippen LogP contribution >= 0.6 is 0 Å². The first-order valence-corrected chi connectivity index (χ1v) is 5.61. The lowest BCUT2D eigenvalue weighted by atomic mass is 10.1. The number of aryl methyl sites for hydroxylation is 1. The van der Waals surface area contributed by atoms with E-state index in [0.29, 0.717) is 11.4 Å². The fraction of sp³-hybridized carbons (Fsp3) is 0.0714. The molecule has 0 fully saturated rings. The Balaban J connectivity index is 2.40. The zero-order chi connectivity index (χ0) is 14.0. The smallest absolute Gasteiger partial charge is 0.255 e. The molecular formula is C14H13FN2O2. The van der Waals surface area contributed by atoms with Gasteiger partial charge in [0.05, 0.1) is 0 Å². The van der Waals surface area contributed by atoms with Crippen molar-refractivity contribution in [2.24, 2.45) is 5.73 Å². The van der Waals surface area contributed by atoms with Gasteiger partial charge in [0.1, 0.15) is 22.9 Å². The van der Waals surface area contributed by atoms with Crippen LogP contribution in [0.1, 0.15) is 15.9 Å². The third-order valence-corrected chi connectivity index (χ3v) is 2.69. The van der Waals surface area contributed by atoms with E-state index in [2.05, 4.69) is 0 Å². The van der Waals surface area contributed by atoms with Crippen LogP contribution in [0.4, 0.5) is 10.1 Å². The lowest BCUT2D eigenvalue weighted by Gasteiger charge is -2.11. The fourth-order valence-corrected chi connectivity index (χ4v) is 1.67. The Bertz CT molecular complexity index is 641. The second-order valence-electron chi connectivity index (χ2n) is 4.10. The van der Waals surface area contributed by atoms with Crippen molar-refractivity contribution in [3.8, 4) is 11.5 Å². The Hall–Kier alpha value is -2.56. The number of primary amides is 1. The molecule has 0 saturated heterocycles. The number of carbonyl (C=O) groups excluding carboxylic acids is 1. The van der Waals surface area contributed by atoms with Crippen LogP contribution in [0.3, 0.4) is 0 Å². The van der Waals surface area contributed by atoms with Crippen LogP contribution in [0, 0.1) is 12.7 Å². The van der Waals surface area contributed by atoms with E-state index < -0.39 is 11.7 Å². The average molecular weight is 260 g/mol. The number of amides is 1. The van der Waals surface area contributed by atoms with Crippen LogP contribution < -0.4 is 16.2 Å². The summed E-state index contributed by atoms with van der Waals surface area (Å²) in [5.74, 6) is -1.05. The maximum absolute atomic E-state index is 13.5. The number of anilines is 1. The van der Waals surface area contributed by atoms with Gasteiger partial charge >= 0.3 is 0 Å². The van der Waals surface area contributed by atoms with Gasteiger partial charge in [-0.2, -0.15) is 0 Å². The summed E-state index contributed by atoms with van der Waals surface area (Å²) in [4.78, 5) is 11.2. The number of ether oxygens (including phenoxy) is 1. The summed E-state index contributed by atoms with van der Waals surface area (Å²) in [6, 6.07) is 9.09.